The van der Waals surface area contributed by atoms with Crippen molar-refractivity contribution in [2.24, 2.45) is 10.7 Å². The highest BCUT2D eigenvalue weighted by molar-refractivity contribution is 7.93. The van der Waals surface area contributed by atoms with Crippen molar-refractivity contribution in [2.45, 2.75) is 44.1 Å². The molecule has 3 heterocycles. The van der Waals surface area contributed by atoms with Gasteiger partial charge in [0.25, 0.3) is 0 Å². The van der Waals surface area contributed by atoms with E-state index in [0.29, 0.717) is 39.2 Å². The second kappa shape index (κ2) is 8.00. The lowest BCUT2D eigenvalue weighted by molar-refractivity contribution is 0.283. The fourth-order valence-electron chi connectivity index (χ4n) is 4.02. The molecule has 1 aromatic carbocycles. The Bertz CT molecular complexity index is 1410. The molecule has 0 radical (unpaired) electrons. The van der Waals surface area contributed by atoms with Gasteiger partial charge in [-0.25, -0.2) is 12.8 Å². The second-order valence-electron chi connectivity index (χ2n) is 8.97. The first kappa shape index (κ1) is 23.5. The Hall–Kier alpha value is -2.62. The lowest BCUT2D eigenvalue weighted by Crippen LogP contribution is -2.55. The van der Waals surface area contributed by atoms with Gasteiger partial charge in [-0.05, 0) is 38.5 Å². The number of benzene rings is 1. The molecule has 0 saturated carbocycles. The van der Waals surface area contributed by atoms with Crippen molar-refractivity contribution in [3.63, 3.8) is 0 Å². The molecule has 2 aromatic heterocycles. The minimum atomic E-state index is -3.68. The van der Waals surface area contributed by atoms with Crippen molar-refractivity contribution in [1.82, 2.24) is 9.97 Å². The van der Waals surface area contributed by atoms with Crippen LogP contribution in [0.5, 0.6) is 0 Å². The van der Waals surface area contributed by atoms with Gasteiger partial charge < -0.3 is 10.8 Å². The zero-order chi connectivity index (χ0) is 24.2. The van der Waals surface area contributed by atoms with E-state index in [1.165, 1.54) is 26.1 Å². The normalized spacial score (nSPS) is 21.7. The van der Waals surface area contributed by atoms with E-state index in [1.807, 2.05) is 0 Å². The number of hydrogen-bond donors (Lipinski definition) is 2. The molecule has 0 unspecified atom stereocenters. The van der Waals surface area contributed by atoms with Crippen LogP contribution in [0.1, 0.15) is 43.2 Å². The Morgan fingerprint density at radius 3 is 2.58 bits per heavy atom. The monoisotopic (exact) mass is 490 g/mol. The number of nitrogens with two attached hydrogens (primary N) is 1. The number of rotatable bonds is 4. The quantitative estimate of drug-likeness (QED) is 0.579. The highest BCUT2D eigenvalue weighted by Gasteiger charge is 2.49. The molecule has 0 aliphatic carbocycles. The van der Waals surface area contributed by atoms with Gasteiger partial charge in [0.2, 0.25) is 0 Å². The van der Waals surface area contributed by atoms with Crippen molar-refractivity contribution in [3.05, 3.63) is 69.9 Å². The average molecular weight is 491 g/mol. The van der Waals surface area contributed by atoms with Gasteiger partial charge in [0.15, 0.2) is 9.84 Å². The predicted molar refractivity (Wildman–Crippen MR) is 127 cm³/mol. The third kappa shape index (κ3) is 3.98. The third-order valence-electron chi connectivity index (χ3n) is 6.24. The first-order valence-corrected chi connectivity index (χ1v) is 12.3. The number of fused-ring (bicyclic) bond motifs is 1. The van der Waals surface area contributed by atoms with Crippen molar-refractivity contribution < 1.29 is 17.9 Å². The van der Waals surface area contributed by atoms with Gasteiger partial charge in [-0.15, -0.1) is 0 Å². The maximum atomic E-state index is 14.9. The summed E-state index contributed by atoms with van der Waals surface area (Å²) in [4.78, 5) is 13.2. The highest BCUT2D eigenvalue weighted by atomic mass is 35.5. The Labute approximate surface area is 196 Å². The SMILES string of the molecule is CC1(C)C(N)=N[C@](C)(c2cc(Cc3ncc(CO)c4cc(Cl)cnc34)ccc2F)CS1(=O)=O. The summed E-state index contributed by atoms with van der Waals surface area (Å²) in [6.45, 7) is 4.36. The molecule has 0 amide bonds. The summed E-state index contributed by atoms with van der Waals surface area (Å²) in [6, 6.07) is 6.22. The predicted octanol–water partition coefficient (Wildman–Crippen LogP) is 3.28. The molecule has 10 heteroatoms. The van der Waals surface area contributed by atoms with E-state index in [-0.39, 0.29) is 23.8 Å². The fraction of sp³-hybridized carbons (Fsp3) is 0.348. The van der Waals surface area contributed by atoms with Crippen LogP contribution in [0.2, 0.25) is 5.02 Å². The van der Waals surface area contributed by atoms with Crippen LogP contribution in [0.4, 0.5) is 4.39 Å². The largest absolute Gasteiger partial charge is 0.392 e. The molecule has 1 aliphatic heterocycles. The molecule has 3 aromatic rings. The summed E-state index contributed by atoms with van der Waals surface area (Å²) in [5.74, 6) is -0.971. The molecule has 3 N–H and O–H groups in total. The molecule has 0 saturated heterocycles. The lowest BCUT2D eigenvalue weighted by atomic mass is 9.90. The molecule has 4 rings (SSSR count). The van der Waals surface area contributed by atoms with Crippen LogP contribution < -0.4 is 5.73 Å². The lowest BCUT2D eigenvalue weighted by Gasteiger charge is -2.38. The van der Waals surface area contributed by atoms with Gasteiger partial charge in [-0.1, -0.05) is 23.7 Å². The van der Waals surface area contributed by atoms with Crippen LogP contribution >= 0.6 is 11.6 Å². The Morgan fingerprint density at radius 2 is 1.91 bits per heavy atom. The number of halogens is 2. The maximum absolute atomic E-state index is 14.9. The molecule has 1 atom stereocenters. The van der Waals surface area contributed by atoms with E-state index in [2.05, 4.69) is 15.0 Å². The van der Waals surface area contributed by atoms with Gasteiger partial charge in [-0.2, -0.15) is 0 Å². The van der Waals surface area contributed by atoms with Gasteiger partial charge >= 0.3 is 0 Å². The molecular weight excluding hydrogens is 467 g/mol. The van der Waals surface area contributed by atoms with Crippen molar-refractivity contribution >= 4 is 38.2 Å². The number of pyridine rings is 2. The van der Waals surface area contributed by atoms with E-state index in [1.54, 1.807) is 31.3 Å². The van der Waals surface area contributed by atoms with Crippen LogP contribution in [-0.4, -0.2) is 39.8 Å². The number of sulfone groups is 1. The first-order chi connectivity index (χ1) is 15.4. The van der Waals surface area contributed by atoms with Gasteiger partial charge in [-0.3, -0.25) is 15.0 Å². The number of aromatic nitrogens is 2. The highest BCUT2D eigenvalue weighted by Crippen LogP contribution is 2.38. The standard InChI is InChI=1S/C23H24ClFN4O3S/c1-22(2)21(26)29-23(3,12-33(22,31)32)17-6-13(4-5-18(17)25)7-19-20-16(8-15(24)10-28-20)14(11-30)9-27-19/h4-6,8-10,30H,7,11-12H2,1-3H3,(H2,26,29)/t23-/m0/s1. The van der Waals surface area contributed by atoms with Crippen LogP contribution in [0.25, 0.3) is 10.9 Å². The van der Waals surface area contributed by atoms with Crippen molar-refractivity contribution in [3.8, 4) is 0 Å². The van der Waals surface area contributed by atoms with Gasteiger partial charge in [0, 0.05) is 35.3 Å². The van der Waals surface area contributed by atoms with E-state index < -0.39 is 25.9 Å². The maximum Gasteiger partial charge on any atom is 0.165 e. The van der Waals surface area contributed by atoms with Crippen molar-refractivity contribution in [2.75, 3.05) is 5.75 Å². The molecule has 0 spiro atoms. The van der Waals surface area contributed by atoms with E-state index in [4.69, 9.17) is 17.3 Å². The number of hydrogen-bond acceptors (Lipinski definition) is 7. The molecule has 1 aliphatic rings. The number of aliphatic hydroxyl groups is 1. The molecule has 174 valence electrons. The Morgan fingerprint density at radius 1 is 1.18 bits per heavy atom. The number of amidine groups is 1. The summed E-state index contributed by atoms with van der Waals surface area (Å²) < 4.78 is 39.4. The Kier molecular flexibility index (Phi) is 5.71. The molecule has 0 fully saturated rings. The van der Waals surface area contributed by atoms with E-state index in [0.717, 1.165) is 0 Å². The minimum absolute atomic E-state index is 0.0469. The summed E-state index contributed by atoms with van der Waals surface area (Å²) in [6.07, 6.45) is 3.36. The third-order valence-corrected chi connectivity index (χ3v) is 9.15. The average Bonchev–Trinajstić information content (AvgIpc) is 2.73. The molecule has 33 heavy (non-hydrogen) atoms. The molecule has 0 bridgehead atoms. The zero-order valence-corrected chi connectivity index (χ0v) is 20.0. The van der Waals surface area contributed by atoms with Crippen LogP contribution in [-0.2, 0) is 28.4 Å². The van der Waals surface area contributed by atoms with E-state index in [9.17, 15) is 17.9 Å². The summed E-state index contributed by atoms with van der Waals surface area (Å²) >= 11 is 6.08. The van der Waals surface area contributed by atoms with E-state index >= 15 is 0 Å². The summed E-state index contributed by atoms with van der Waals surface area (Å²) in [7, 11) is -3.68. The fourth-order valence-corrected chi connectivity index (χ4v) is 5.87. The van der Waals surface area contributed by atoms with Gasteiger partial charge in [0.1, 0.15) is 21.9 Å². The topological polar surface area (TPSA) is 119 Å². The molecular formula is C23H24ClFN4O3S. The van der Waals surface area contributed by atoms with Crippen LogP contribution in [0.3, 0.4) is 0 Å². The number of aliphatic imine (C=N–C) groups is 1. The first-order valence-electron chi connectivity index (χ1n) is 10.3. The number of nitrogens with zero attached hydrogens (tertiary/aromatic N) is 3. The molecule has 7 nitrogen and oxygen atoms in total. The van der Waals surface area contributed by atoms with Crippen LogP contribution in [0, 0.1) is 5.82 Å². The number of aliphatic hydroxyl groups excluding tert-OH is 1. The van der Waals surface area contributed by atoms with Crippen molar-refractivity contribution in [1.29, 1.82) is 0 Å². The van der Waals surface area contributed by atoms with Gasteiger partial charge in [0.05, 0.1) is 28.6 Å². The Balaban J connectivity index is 1.79. The minimum Gasteiger partial charge on any atom is -0.392 e. The second-order valence-corrected chi connectivity index (χ2v) is 11.9. The zero-order valence-electron chi connectivity index (χ0n) is 18.4. The summed E-state index contributed by atoms with van der Waals surface area (Å²) in [5, 5.41) is 10.7. The smallest absolute Gasteiger partial charge is 0.165 e. The van der Waals surface area contributed by atoms with Crippen LogP contribution in [0.15, 0.2) is 41.7 Å². The summed E-state index contributed by atoms with van der Waals surface area (Å²) in [5.41, 5.74) is 7.28.